The molecule has 17 heavy (non-hydrogen) atoms. The molecule has 2 nitrogen and oxygen atoms in total. The summed E-state index contributed by atoms with van der Waals surface area (Å²) in [5, 5.41) is 0. The van der Waals surface area contributed by atoms with Crippen LogP contribution in [0.15, 0.2) is 25.6 Å². The van der Waals surface area contributed by atoms with Crippen LogP contribution < -0.4 is 4.43 Å². The number of alkyl halides is 2. The lowest BCUT2D eigenvalue weighted by molar-refractivity contribution is 0.228. The summed E-state index contributed by atoms with van der Waals surface area (Å²) < 4.78 is 13.5. The minimum atomic E-state index is -0.186. The van der Waals surface area contributed by atoms with Crippen LogP contribution in [-0.4, -0.2) is 27.9 Å². The molecule has 0 saturated heterocycles. The molecule has 0 fully saturated rings. The molecule has 0 amide bonds. The van der Waals surface area contributed by atoms with E-state index in [1.54, 1.807) is 0 Å². The van der Waals surface area contributed by atoms with E-state index >= 15 is 0 Å². The summed E-state index contributed by atoms with van der Waals surface area (Å²) in [5.41, 5.74) is 0. The Balaban J connectivity index is 2.55. The van der Waals surface area contributed by atoms with Gasteiger partial charge < -0.3 is 8.85 Å². The van der Waals surface area contributed by atoms with Crippen molar-refractivity contribution >= 4 is 81.0 Å². The fourth-order valence-corrected chi connectivity index (χ4v) is 3.61. The minimum absolute atomic E-state index is 0.142. The zero-order valence-corrected chi connectivity index (χ0v) is 15.6. The second kappa shape index (κ2) is 8.40. The van der Waals surface area contributed by atoms with E-state index in [-0.39, 0.29) is 16.1 Å². The summed E-state index contributed by atoms with van der Waals surface area (Å²) in [5.74, 6) is 1.40. The summed E-state index contributed by atoms with van der Waals surface area (Å²) in [6, 6.07) is 3.72. The maximum atomic E-state index is 5.64. The van der Waals surface area contributed by atoms with Gasteiger partial charge in [-0.15, -0.1) is 23.2 Å². The van der Waals surface area contributed by atoms with Crippen molar-refractivity contribution in [1.82, 2.24) is 0 Å². The van der Waals surface area contributed by atoms with Gasteiger partial charge in [0, 0.05) is 20.7 Å². The van der Waals surface area contributed by atoms with Crippen LogP contribution in [0.25, 0.3) is 0 Å². The Morgan fingerprint density at radius 1 is 1.12 bits per heavy atom. The second-order valence-corrected chi connectivity index (χ2v) is 6.57. The van der Waals surface area contributed by atoms with Crippen LogP contribution in [0.2, 0.25) is 0 Å². The lowest BCUT2D eigenvalue weighted by atomic mass is 10.3. The first-order valence-electron chi connectivity index (χ1n) is 4.43. The number of hydrogen-bond donors (Lipinski definition) is 0. The second-order valence-electron chi connectivity index (χ2n) is 2.91. The number of rotatable bonds is 6. The molecule has 0 aliphatic heterocycles. The molecule has 0 spiro atoms. The van der Waals surface area contributed by atoms with Gasteiger partial charge >= 0.3 is 10.0 Å². The summed E-state index contributed by atoms with van der Waals surface area (Å²) >= 11 is 21.5. The van der Waals surface area contributed by atoms with Gasteiger partial charge in [0.1, 0.15) is 5.75 Å². The SMILES string of the molecule is ClCC(CCl)O[Si]Oc1ccc(Br)c(Br)c1Br. The van der Waals surface area contributed by atoms with Gasteiger partial charge in [0.25, 0.3) is 0 Å². The lowest BCUT2D eigenvalue weighted by Crippen LogP contribution is -2.22. The summed E-state index contributed by atoms with van der Waals surface area (Å²) in [6.45, 7) is 0. The van der Waals surface area contributed by atoms with Gasteiger partial charge in [-0.1, -0.05) is 0 Å². The van der Waals surface area contributed by atoms with Crippen LogP contribution in [0, 0.1) is 0 Å². The summed E-state index contributed by atoms with van der Waals surface area (Å²) in [6.07, 6.45) is -0.186. The average Bonchev–Trinajstić information content (AvgIpc) is 2.34. The molecule has 0 N–H and O–H groups in total. The highest BCUT2D eigenvalue weighted by Crippen LogP contribution is 2.37. The number of halogens is 5. The fraction of sp³-hybridized carbons (Fsp3) is 0.333. The molecule has 0 heterocycles. The van der Waals surface area contributed by atoms with Crippen LogP contribution in [0.3, 0.4) is 0 Å². The van der Waals surface area contributed by atoms with Crippen molar-refractivity contribution in [1.29, 1.82) is 0 Å². The van der Waals surface area contributed by atoms with Crippen molar-refractivity contribution in [3.8, 4) is 5.75 Å². The largest absolute Gasteiger partial charge is 0.521 e. The maximum absolute atomic E-state index is 5.64. The highest BCUT2D eigenvalue weighted by atomic mass is 79.9. The predicted molar refractivity (Wildman–Crippen MR) is 82.2 cm³/mol. The molecule has 1 aromatic rings. The third-order valence-electron chi connectivity index (χ3n) is 1.71. The van der Waals surface area contributed by atoms with Crippen LogP contribution in [0.4, 0.5) is 0 Å². The molecule has 2 radical (unpaired) electrons. The van der Waals surface area contributed by atoms with E-state index in [1.807, 2.05) is 12.1 Å². The Morgan fingerprint density at radius 2 is 1.76 bits per heavy atom. The van der Waals surface area contributed by atoms with Crippen molar-refractivity contribution < 1.29 is 8.85 Å². The van der Waals surface area contributed by atoms with Gasteiger partial charge in [-0.05, 0) is 59.9 Å². The Labute approximate surface area is 138 Å². The van der Waals surface area contributed by atoms with Gasteiger partial charge in [0.15, 0.2) is 0 Å². The molecular weight excluding hydrogens is 479 g/mol. The van der Waals surface area contributed by atoms with E-state index in [9.17, 15) is 0 Å². The Bertz CT molecular complexity index is 378. The average molecular weight is 486 g/mol. The van der Waals surface area contributed by atoms with Crippen LogP contribution in [0.1, 0.15) is 0 Å². The molecule has 0 unspecified atom stereocenters. The highest BCUT2D eigenvalue weighted by Gasteiger charge is 2.12. The van der Waals surface area contributed by atoms with Crippen molar-refractivity contribution in [2.24, 2.45) is 0 Å². The lowest BCUT2D eigenvalue weighted by Gasteiger charge is -2.12. The monoisotopic (exact) mass is 482 g/mol. The predicted octanol–water partition coefficient (Wildman–Crippen LogP) is 4.75. The van der Waals surface area contributed by atoms with Crippen LogP contribution in [-0.2, 0) is 4.43 Å². The Morgan fingerprint density at radius 3 is 2.35 bits per heavy atom. The molecule has 94 valence electrons. The normalized spacial score (nSPS) is 10.9. The molecule has 0 aromatic heterocycles. The highest BCUT2D eigenvalue weighted by molar-refractivity contribution is 9.14. The first kappa shape index (κ1) is 16.3. The van der Waals surface area contributed by atoms with E-state index in [0.29, 0.717) is 17.5 Å². The van der Waals surface area contributed by atoms with E-state index in [4.69, 9.17) is 32.1 Å². The van der Waals surface area contributed by atoms with E-state index in [1.165, 1.54) is 0 Å². The zero-order valence-electron chi connectivity index (χ0n) is 8.35. The maximum Gasteiger partial charge on any atom is 0.521 e. The van der Waals surface area contributed by atoms with Gasteiger partial charge in [-0.25, -0.2) is 0 Å². The standard InChI is InChI=1S/C9H7Br3Cl2O2Si/c10-6-1-2-7(9(12)8(6)11)16-17-15-5(3-13)4-14/h1-2,5H,3-4H2. The van der Waals surface area contributed by atoms with Crippen molar-refractivity contribution in [3.05, 3.63) is 25.6 Å². The number of benzene rings is 1. The van der Waals surface area contributed by atoms with Gasteiger partial charge in [0.05, 0.1) is 10.6 Å². The van der Waals surface area contributed by atoms with Gasteiger partial charge in [0.2, 0.25) is 0 Å². The number of hydrogen-bond acceptors (Lipinski definition) is 2. The molecule has 1 rings (SSSR count). The third-order valence-corrected chi connectivity index (χ3v) is 6.47. The molecule has 8 heteroatoms. The summed E-state index contributed by atoms with van der Waals surface area (Å²) in [7, 11) is -0.142. The Hall–Kier alpha value is 1.22. The first-order chi connectivity index (χ1) is 8.10. The Kier molecular flexibility index (Phi) is 8.04. The fourth-order valence-electron chi connectivity index (χ4n) is 0.828. The molecule has 0 aliphatic rings. The van der Waals surface area contributed by atoms with Gasteiger partial charge in [-0.2, -0.15) is 0 Å². The van der Waals surface area contributed by atoms with Crippen LogP contribution in [0.5, 0.6) is 5.75 Å². The molecular formula is C9H7Br3Cl2O2Si. The van der Waals surface area contributed by atoms with Crippen LogP contribution >= 0.6 is 71.0 Å². The van der Waals surface area contributed by atoms with E-state index in [2.05, 4.69) is 47.8 Å². The topological polar surface area (TPSA) is 18.5 Å². The molecule has 0 aliphatic carbocycles. The zero-order chi connectivity index (χ0) is 12.8. The molecule has 0 bridgehead atoms. The van der Waals surface area contributed by atoms with Crippen molar-refractivity contribution in [3.63, 3.8) is 0 Å². The van der Waals surface area contributed by atoms with Crippen molar-refractivity contribution in [2.75, 3.05) is 11.8 Å². The molecule has 0 saturated carbocycles. The smallest absolute Gasteiger partial charge is 0.516 e. The van der Waals surface area contributed by atoms with Gasteiger partial charge in [-0.3, -0.25) is 0 Å². The minimum Gasteiger partial charge on any atom is -0.516 e. The summed E-state index contributed by atoms with van der Waals surface area (Å²) in [4.78, 5) is 0. The van der Waals surface area contributed by atoms with E-state index < -0.39 is 0 Å². The molecule has 0 atom stereocenters. The third kappa shape index (κ3) is 5.01. The van der Waals surface area contributed by atoms with E-state index in [0.717, 1.165) is 13.4 Å². The first-order valence-corrected chi connectivity index (χ1v) is 8.69. The molecule has 1 aromatic carbocycles. The van der Waals surface area contributed by atoms with Crippen molar-refractivity contribution in [2.45, 2.75) is 6.10 Å². The quantitative estimate of drug-likeness (QED) is 0.329.